The minimum Gasteiger partial charge on any atom is -0.322 e. The first-order chi connectivity index (χ1) is 12.1. The number of hydrogen-bond acceptors (Lipinski definition) is 2. The van der Waals surface area contributed by atoms with Crippen molar-refractivity contribution in [3.8, 4) is 0 Å². The summed E-state index contributed by atoms with van der Waals surface area (Å²) in [5, 5.41) is 4.22. The van der Waals surface area contributed by atoms with Crippen molar-refractivity contribution in [3.05, 3.63) is 75.5 Å². The second kappa shape index (κ2) is 7.40. The van der Waals surface area contributed by atoms with Gasteiger partial charge in [0, 0.05) is 30.1 Å². The van der Waals surface area contributed by atoms with E-state index in [9.17, 15) is 9.59 Å². The minimum atomic E-state index is -0.264. The fourth-order valence-electron chi connectivity index (χ4n) is 2.70. The standard InChI is InChI=1S/C19H18ClN3O2/c1-2-23(19(25)22-17-10-6-4-8-15(17)20)12-13-11-18(24)21-16-9-5-3-7-14(13)16/h3-11H,2,12H2,1H3,(H,21,24)(H,22,25). The molecule has 1 aromatic heterocycles. The molecule has 3 rings (SSSR count). The smallest absolute Gasteiger partial charge is 0.322 e. The summed E-state index contributed by atoms with van der Waals surface area (Å²) in [4.78, 5) is 28.9. The number of fused-ring (bicyclic) bond motifs is 1. The molecule has 0 atom stereocenters. The summed E-state index contributed by atoms with van der Waals surface area (Å²) in [6.07, 6.45) is 0. The number of benzene rings is 2. The molecule has 5 nitrogen and oxygen atoms in total. The average Bonchev–Trinajstić information content (AvgIpc) is 2.61. The topological polar surface area (TPSA) is 65.2 Å². The van der Waals surface area contributed by atoms with Gasteiger partial charge in [0.15, 0.2) is 0 Å². The Morgan fingerprint density at radius 3 is 2.64 bits per heavy atom. The van der Waals surface area contributed by atoms with Crippen LogP contribution in [-0.4, -0.2) is 22.5 Å². The van der Waals surface area contributed by atoms with E-state index >= 15 is 0 Å². The van der Waals surface area contributed by atoms with Crippen LogP contribution in [0.4, 0.5) is 10.5 Å². The summed E-state index contributed by atoms with van der Waals surface area (Å²) in [6.45, 7) is 2.72. The first-order valence-electron chi connectivity index (χ1n) is 8.00. The molecular weight excluding hydrogens is 338 g/mol. The Bertz CT molecular complexity index is 968. The number of carbonyl (C=O) groups is 1. The molecule has 0 aliphatic heterocycles. The Balaban J connectivity index is 1.86. The number of hydrogen-bond donors (Lipinski definition) is 2. The van der Waals surface area contributed by atoms with E-state index in [1.807, 2.05) is 37.3 Å². The predicted molar refractivity (Wildman–Crippen MR) is 101 cm³/mol. The number of urea groups is 1. The quantitative estimate of drug-likeness (QED) is 0.735. The van der Waals surface area contributed by atoms with Crippen LogP contribution >= 0.6 is 11.6 Å². The molecule has 2 amide bonds. The first-order valence-corrected chi connectivity index (χ1v) is 8.37. The predicted octanol–water partition coefficient (Wildman–Crippen LogP) is 4.24. The number of pyridine rings is 1. The number of nitrogens with zero attached hydrogens (tertiary/aromatic N) is 1. The first kappa shape index (κ1) is 17.0. The van der Waals surface area contributed by atoms with Gasteiger partial charge in [0.25, 0.3) is 0 Å². The van der Waals surface area contributed by atoms with Gasteiger partial charge in [-0.15, -0.1) is 0 Å². The summed E-state index contributed by atoms with van der Waals surface area (Å²) in [5.41, 5.74) is 1.93. The number of rotatable bonds is 4. The van der Waals surface area contributed by atoms with Crippen LogP contribution < -0.4 is 10.9 Å². The van der Waals surface area contributed by atoms with Gasteiger partial charge in [-0.25, -0.2) is 4.79 Å². The molecule has 0 fully saturated rings. The Labute approximate surface area is 150 Å². The summed E-state index contributed by atoms with van der Waals surface area (Å²) < 4.78 is 0. The third-order valence-corrected chi connectivity index (χ3v) is 4.31. The summed E-state index contributed by atoms with van der Waals surface area (Å²) in [6, 6.07) is 15.9. The Kier molecular flexibility index (Phi) is 5.05. The molecule has 0 spiro atoms. The van der Waals surface area contributed by atoms with Crippen molar-refractivity contribution in [2.75, 3.05) is 11.9 Å². The zero-order chi connectivity index (χ0) is 17.8. The Morgan fingerprint density at radius 1 is 1.16 bits per heavy atom. The van der Waals surface area contributed by atoms with Crippen LogP contribution in [0.5, 0.6) is 0 Å². The largest absolute Gasteiger partial charge is 0.322 e. The lowest BCUT2D eigenvalue weighted by Crippen LogP contribution is -2.34. The zero-order valence-electron chi connectivity index (χ0n) is 13.8. The van der Waals surface area contributed by atoms with Gasteiger partial charge >= 0.3 is 6.03 Å². The van der Waals surface area contributed by atoms with Crippen LogP contribution in [0.1, 0.15) is 12.5 Å². The van der Waals surface area contributed by atoms with E-state index in [0.29, 0.717) is 23.8 Å². The number of halogens is 1. The number of aromatic nitrogens is 1. The number of amides is 2. The van der Waals surface area contributed by atoms with E-state index in [1.54, 1.807) is 23.1 Å². The molecule has 0 radical (unpaired) electrons. The van der Waals surface area contributed by atoms with E-state index in [4.69, 9.17) is 11.6 Å². The van der Waals surface area contributed by atoms with Crippen LogP contribution in [-0.2, 0) is 6.54 Å². The maximum atomic E-state index is 12.6. The molecule has 0 saturated carbocycles. The van der Waals surface area contributed by atoms with Gasteiger partial charge in [-0.05, 0) is 30.7 Å². The maximum absolute atomic E-state index is 12.6. The van der Waals surface area contributed by atoms with E-state index in [-0.39, 0.29) is 11.6 Å². The van der Waals surface area contributed by atoms with Crippen molar-refractivity contribution in [2.24, 2.45) is 0 Å². The molecule has 128 valence electrons. The molecule has 6 heteroatoms. The molecular formula is C19H18ClN3O2. The molecule has 1 heterocycles. The summed E-state index contributed by atoms with van der Waals surface area (Å²) in [7, 11) is 0. The van der Waals surface area contributed by atoms with Crippen molar-refractivity contribution < 1.29 is 4.79 Å². The van der Waals surface area contributed by atoms with Crippen molar-refractivity contribution in [1.29, 1.82) is 0 Å². The van der Waals surface area contributed by atoms with Crippen molar-refractivity contribution in [3.63, 3.8) is 0 Å². The van der Waals surface area contributed by atoms with E-state index in [0.717, 1.165) is 16.5 Å². The van der Waals surface area contributed by atoms with Crippen LogP contribution in [0.3, 0.4) is 0 Å². The lowest BCUT2D eigenvalue weighted by molar-refractivity contribution is 0.212. The van der Waals surface area contributed by atoms with Gasteiger partial charge in [0.1, 0.15) is 0 Å². The third-order valence-electron chi connectivity index (χ3n) is 3.98. The van der Waals surface area contributed by atoms with Crippen molar-refractivity contribution in [2.45, 2.75) is 13.5 Å². The SMILES string of the molecule is CCN(Cc1cc(=O)[nH]c2ccccc12)C(=O)Nc1ccccc1Cl. The Hall–Kier alpha value is -2.79. The molecule has 3 aromatic rings. The van der Waals surface area contributed by atoms with Crippen molar-refractivity contribution in [1.82, 2.24) is 9.88 Å². The summed E-state index contributed by atoms with van der Waals surface area (Å²) >= 11 is 6.10. The fraction of sp³-hybridized carbons (Fsp3) is 0.158. The zero-order valence-corrected chi connectivity index (χ0v) is 14.5. The molecule has 2 aromatic carbocycles. The van der Waals surface area contributed by atoms with Crippen LogP contribution in [0.25, 0.3) is 10.9 Å². The third kappa shape index (κ3) is 3.83. The number of anilines is 1. The molecule has 0 aliphatic rings. The lowest BCUT2D eigenvalue weighted by atomic mass is 10.1. The summed E-state index contributed by atoms with van der Waals surface area (Å²) in [5.74, 6) is 0. The molecule has 0 unspecified atom stereocenters. The van der Waals surface area contributed by atoms with Gasteiger partial charge < -0.3 is 15.2 Å². The van der Waals surface area contributed by atoms with E-state index in [1.165, 1.54) is 6.07 Å². The van der Waals surface area contributed by atoms with Gasteiger partial charge in [0.2, 0.25) is 5.56 Å². The monoisotopic (exact) mass is 355 g/mol. The number of H-pyrrole nitrogens is 1. The second-order valence-corrected chi connectivity index (χ2v) is 6.04. The van der Waals surface area contributed by atoms with Gasteiger partial charge in [-0.1, -0.05) is 41.9 Å². The number of carbonyl (C=O) groups excluding carboxylic acids is 1. The molecule has 0 saturated heterocycles. The highest BCUT2D eigenvalue weighted by molar-refractivity contribution is 6.33. The molecule has 0 aliphatic carbocycles. The molecule has 25 heavy (non-hydrogen) atoms. The van der Waals surface area contributed by atoms with E-state index < -0.39 is 0 Å². The molecule has 2 N–H and O–H groups in total. The van der Waals surface area contributed by atoms with Crippen LogP contribution in [0.15, 0.2) is 59.4 Å². The van der Waals surface area contributed by atoms with Crippen LogP contribution in [0.2, 0.25) is 5.02 Å². The lowest BCUT2D eigenvalue weighted by Gasteiger charge is -2.22. The molecule has 0 bridgehead atoms. The highest BCUT2D eigenvalue weighted by Crippen LogP contribution is 2.22. The highest BCUT2D eigenvalue weighted by Gasteiger charge is 2.15. The Morgan fingerprint density at radius 2 is 1.88 bits per heavy atom. The fourth-order valence-corrected chi connectivity index (χ4v) is 2.88. The van der Waals surface area contributed by atoms with Gasteiger partial charge in [-0.3, -0.25) is 4.79 Å². The van der Waals surface area contributed by atoms with Gasteiger partial charge in [0.05, 0.1) is 10.7 Å². The highest BCUT2D eigenvalue weighted by atomic mass is 35.5. The second-order valence-electron chi connectivity index (χ2n) is 5.63. The van der Waals surface area contributed by atoms with Crippen LogP contribution in [0, 0.1) is 0 Å². The maximum Gasteiger partial charge on any atom is 0.322 e. The normalized spacial score (nSPS) is 10.6. The number of aromatic amines is 1. The van der Waals surface area contributed by atoms with Crippen molar-refractivity contribution >= 4 is 34.2 Å². The number of nitrogens with one attached hydrogen (secondary N) is 2. The average molecular weight is 356 g/mol. The van der Waals surface area contributed by atoms with E-state index in [2.05, 4.69) is 10.3 Å². The minimum absolute atomic E-state index is 0.184. The van der Waals surface area contributed by atoms with Gasteiger partial charge in [-0.2, -0.15) is 0 Å². The number of para-hydroxylation sites is 2.